The summed E-state index contributed by atoms with van der Waals surface area (Å²) >= 11 is 0. The molecule has 0 saturated carbocycles. The van der Waals surface area contributed by atoms with Crippen molar-refractivity contribution in [2.24, 2.45) is 0 Å². The Hall–Kier alpha value is -2.43. The molecule has 2 N–H and O–H groups in total. The summed E-state index contributed by atoms with van der Waals surface area (Å²) in [6.45, 7) is 6.00. The van der Waals surface area contributed by atoms with Crippen LogP contribution in [-0.4, -0.2) is 40.3 Å². The van der Waals surface area contributed by atoms with Crippen LogP contribution < -0.4 is 10.0 Å². The second-order valence-corrected chi connectivity index (χ2v) is 9.61. The summed E-state index contributed by atoms with van der Waals surface area (Å²) < 4.78 is 52.5. The van der Waals surface area contributed by atoms with Crippen LogP contribution in [0.4, 0.5) is 10.5 Å². The zero-order valence-corrected chi connectivity index (χ0v) is 17.5. The molecule has 28 heavy (non-hydrogen) atoms. The van der Waals surface area contributed by atoms with Gasteiger partial charge in [-0.3, -0.25) is 0 Å². The van der Waals surface area contributed by atoms with Crippen molar-refractivity contribution in [3.05, 3.63) is 54.1 Å². The maximum absolute atomic E-state index is 12.4. The molecule has 2 aromatic rings. The van der Waals surface area contributed by atoms with E-state index in [9.17, 15) is 21.6 Å². The minimum Gasteiger partial charge on any atom is -0.307 e. The van der Waals surface area contributed by atoms with Gasteiger partial charge in [-0.05, 0) is 43.3 Å². The van der Waals surface area contributed by atoms with Gasteiger partial charge in [0.15, 0.2) is 0 Å². The lowest BCUT2D eigenvalue weighted by atomic mass is 10.2. The number of amides is 2. The van der Waals surface area contributed by atoms with E-state index in [4.69, 9.17) is 0 Å². The fraction of sp³-hybridized carbons (Fsp3) is 0.278. The molecule has 0 saturated heterocycles. The maximum atomic E-state index is 12.4. The molecule has 10 heteroatoms. The number of aryl methyl sites for hydroxylation is 1. The van der Waals surface area contributed by atoms with Crippen molar-refractivity contribution in [2.45, 2.75) is 30.6 Å². The molecule has 2 rings (SSSR count). The van der Waals surface area contributed by atoms with E-state index in [0.29, 0.717) is 13.1 Å². The summed E-state index contributed by atoms with van der Waals surface area (Å²) in [5.74, 6) is 0. The van der Waals surface area contributed by atoms with Gasteiger partial charge in [0, 0.05) is 18.8 Å². The van der Waals surface area contributed by atoms with Crippen LogP contribution in [0.3, 0.4) is 0 Å². The van der Waals surface area contributed by atoms with Gasteiger partial charge in [-0.15, -0.1) is 0 Å². The molecule has 0 spiro atoms. The number of hydrogen-bond donors (Lipinski definition) is 2. The van der Waals surface area contributed by atoms with Crippen molar-refractivity contribution in [3.63, 3.8) is 0 Å². The van der Waals surface area contributed by atoms with Gasteiger partial charge in [-0.1, -0.05) is 31.5 Å². The van der Waals surface area contributed by atoms with E-state index in [2.05, 4.69) is 5.32 Å². The predicted molar refractivity (Wildman–Crippen MR) is 107 cm³/mol. The second-order valence-electron chi connectivity index (χ2n) is 5.99. The van der Waals surface area contributed by atoms with Gasteiger partial charge in [0.05, 0.1) is 9.79 Å². The highest BCUT2D eigenvalue weighted by Gasteiger charge is 2.22. The number of carbonyl (C=O) groups is 1. The van der Waals surface area contributed by atoms with Crippen molar-refractivity contribution in [2.75, 3.05) is 18.4 Å². The zero-order valence-electron chi connectivity index (χ0n) is 15.8. The smallest absolute Gasteiger partial charge is 0.307 e. The lowest BCUT2D eigenvalue weighted by Gasteiger charge is -2.18. The number of anilines is 1. The molecule has 2 aromatic carbocycles. The topological polar surface area (TPSA) is 113 Å². The molecule has 8 nitrogen and oxygen atoms in total. The number of hydrogen-bond acceptors (Lipinski definition) is 5. The fourth-order valence-corrected chi connectivity index (χ4v) is 4.84. The summed E-state index contributed by atoms with van der Waals surface area (Å²) in [4.78, 5) is 12.1. The molecule has 0 heterocycles. The summed E-state index contributed by atoms with van der Waals surface area (Å²) in [5, 5.41) is 2.38. The number of nitrogens with zero attached hydrogens (tertiary/aromatic N) is 1. The van der Waals surface area contributed by atoms with E-state index in [0.717, 1.165) is 5.56 Å². The fourth-order valence-electron chi connectivity index (χ4n) is 2.48. The van der Waals surface area contributed by atoms with E-state index >= 15 is 0 Å². The highest BCUT2D eigenvalue weighted by atomic mass is 32.2. The highest BCUT2D eigenvalue weighted by molar-refractivity contribution is 7.90. The van der Waals surface area contributed by atoms with Crippen LogP contribution in [0.5, 0.6) is 0 Å². The molecule has 0 atom stereocenters. The van der Waals surface area contributed by atoms with Gasteiger partial charge in [0.25, 0.3) is 10.0 Å². The first kappa shape index (κ1) is 21.9. The molecule has 0 aliphatic heterocycles. The van der Waals surface area contributed by atoms with Crippen LogP contribution in [0.25, 0.3) is 0 Å². The molecule has 2 amide bonds. The van der Waals surface area contributed by atoms with Crippen LogP contribution in [0.2, 0.25) is 0 Å². The predicted octanol–water partition coefficient (Wildman–Crippen LogP) is 2.54. The van der Waals surface area contributed by atoms with Crippen molar-refractivity contribution in [1.82, 2.24) is 9.03 Å². The quantitative estimate of drug-likeness (QED) is 0.708. The molecule has 0 unspecified atom stereocenters. The van der Waals surface area contributed by atoms with Gasteiger partial charge >= 0.3 is 6.03 Å². The van der Waals surface area contributed by atoms with Crippen LogP contribution in [0.15, 0.2) is 58.3 Å². The van der Waals surface area contributed by atoms with E-state index in [-0.39, 0.29) is 15.5 Å². The Balaban J connectivity index is 2.10. The number of sulfonamides is 2. The summed E-state index contributed by atoms with van der Waals surface area (Å²) in [6.07, 6.45) is 0. The van der Waals surface area contributed by atoms with E-state index < -0.39 is 26.1 Å². The van der Waals surface area contributed by atoms with Crippen molar-refractivity contribution >= 4 is 31.8 Å². The van der Waals surface area contributed by atoms with Crippen LogP contribution in [0, 0.1) is 6.92 Å². The Labute approximate surface area is 165 Å². The normalized spacial score (nSPS) is 12.0. The van der Waals surface area contributed by atoms with Crippen molar-refractivity contribution in [1.29, 1.82) is 0 Å². The minimum atomic E-state index is -4.01. The minimum absolute atomic E-state index is 0.0334. The monoisotopic (exact) mass is 425 g/mol. The second kappa shape index (κ2) is 8.72. The van der Waals surface area contributed by atoms with Gasteiger partial charge in [0.1, 0.15) is 0 Å². The van der Waals surface area contributed by atoms with E-state index in [1.165, 1.54) is 40.7 Å². The number of carbonyl (C=O) groups excluding carboxylic acids is 1. The van der Waals surface area contributed by atoms with Crippen molar-refractivity contribution in [3.8, 4) is 0 Å². The van der Waals surface area contributed by atoms with E-state index in [1.807, 2.05) is 11.6 Å². The molecule has 0 aromatic heterocycles. The van der Waals surface area contributed by atoms with Gasteiger partial charge in [-0.2, -0.15) is 4.31 Å². The third-order valence-corrected chi connectivity index (χ3v) is 7.42. The molecular weight excluding hydrogens is 402 g/mol. The Bertz CT molecular complexity index is 1030. The SMILES string of the molecule is CCN(CC)S(=O)(=O)c1ccc(NC(=O)NS(=O)(=O)c2ccc(C)cc2)cc1. The first-order valence-electron chi connectivity index (χ1n) is 8.61. The molecule has 152 valence electrons. The average molecular weight is 426 g/mol. The maximum Gasteiger partial charge on any atom is 0.333 e. The Morgan fingerprint density at radius 3 is 1.86 bits per heavy atom. The third-order valence-electron chi connectivity index (χ3n) is 4.01. The first-order valence-corrected chi connectivity index (χ1v) is 11.5. The molecule has 0 aliphatic carbocycles. The summed E-state index contributed by atoms with van der Waals surface area (Å²) in [6, 6.07) is 10.6. The first-order chi connectivity index (χ1) is 13.1. The number of benzene rings is 2. The summed E-state index contributed by atoms with van der Waals surface area (Å²) in [5.41, 5.74) is 1.15. The molecule has 0 bridgehead atoms. The largest absolute Gasteiger partial charge is 0.333 e. The van der Waals surface area contributed by atoms with Gasteiger partial charge in [-0.25, -0.2) is 26.4 Å². The number of nitrogens with one attached hydrogen (secondary N) is 2. The number of urea groups is 1. The Kier molecular flexibility index (Phi) is 6.81. The Morgan fingerprint density at radius 2 is 1.36 bits per heavy atom. The molecular formula is C18H23N3O5S2. The lowest BCUT2D eigenvalue weighted by Crippen LogP contribution is -2.34. The molecule has 0 fully saturated rings. The summed E-state index contributed by atoms with van der Waals surface area (Å²) in [7, 11) is -7.62. The average Bonchev–Trinajstić information content (AvgIpc) is 2.62. The van der Waals surface area contributed by atoms with Crippen molar-refractivity contribution < 1.29 is 21.6 Å². The van der Waals surface area contributed by atoms with Crippen LogP contribution in [-0.2, 0) is 20.0 Å². The van der Waals surface area contributed by atoms with Crippen LogP contribution >= 0.6 is 0 Å². The Morgan fingerprint density at radius 1 is 0.857 bits per heavy atom. The molecule has 0 radical (unpaired) electrons. The lowest BCUT2D eigenvalue weighted by molar-refractivity contribution is 0.256. The number of rotatable bonds is 7. The third kappa shape index (κ3) is 5.09. The van der Waals surface area contributed by atoms with E-state index in [1.54, 1.807) is 26.0 Å². The van der Waals surface area contributed by atoms with Gasteiger partial charge < -0.3 is 5.32 Å². The van der Waals surface area contributed by atoms with Gasteiger partial charge in [0.2, 0.25) is 10.0 Å². The zero-order chi connectivity index (χ0) is 20.9. The van der Waals surface area contributed by atoms with Crippen LogP contribution in [0.1, 0.15) is 19.4 Å². The highest BCUT2D eigenvalue weighted by Crippen LogP contribution is 2.18. The standard InChI is InChI=1S/C18H23N3O5S2/c1-4-21(5-2)28(25,26)17-12-8-15(9-13-17)19-18(22)20-27(23,24)16-10-6-14(3)7-11-16/h6-13H,4-5H2,1-3H3,(H2,19,20,22). The molecule has 0 aliphatic rings.